The highest BCUT2D eigenvalue weighted by molar-refractivity contribution is 6.30. The zero-order valence-electron chi connectivity index (χ0n) is 18.0. The van der Waals surface area contributed by atoms with Crippen LogP contribution in [0.3, 0.4) is 0 Å². The summed E-state index contributed by atoms with van der Waals surface area (Å²) in [4.78, 5) is 43.5. The standard InChI is InChI=1S/C25H20ClN3O4/c1-15-6-11-20-24(32)21(23(31)16-7-9-17(26)10-8-16)13-29(25(20)27-15)14-22(30)28-18-4-3-5-19(12-18)33-2/h3-13H,14H2,1-2H3,(H,28,30). The monoisotopic (exact) mass is 461 g/mol. The molecule has 1 amide bonds. The molecule has 4 aromatic rings. The summed E-state index contributed by atoms with van der Waals surface area (Å²) < 4.78 is 6.70. The zero-order chi connectivity index (χ0) is 23.5. The number of pyridine rings is 2. The van der Waals surface area contributed by atoms with E-state index in [1.54, 1.807) is 74.7 Å². The largest absolute Gasteiger partial charge is 0.497 e. The van der Waals surface area contributed by atoms with Crippen molar-refractivity contribution in [3.05, 3.63) is 98.9 Å². The molecule has 0 aliphatic rings. The molecule has 0 saturated carbocycles. The van der Waals surface area contributed by atoms with Crippen molar-refractivity contribution < 1.29 is 14.3 Å². The summed E-state index contributed by atoms with van der Waals surface area (Å²) in [6.45, 7) is 1.64. The normalized spacial score (nSPS) is 10.8. The van der Waals surface area contributed by atoms with E-state index in [0.29, 0.717) is 33.4 Å². The minimum Gasteiger partial charge on any atom is -0.497 e. The number of nitrogens with zero attached hydrogens (tertiary/aromatic N) is 2. The van der Waals surface area contributed by atoms with Gasteiger partial charge in [0, 0.05) is 34.2 Å². The topological polar surface area (TPSA) is 90.3 Å². The number of anilines is 1. The van der Waals surface area contributed by atoms with Gasteiger partial charge in [0.2, 0.25) is 11.3 Å². The fourth-order valence-electron chi connectivity index (χ4n) is 3.45. The minimum atomic E-state index is -0.457. The van der Waals surface area contributed by atoms with Gasteiger partial charge in [-0.2, -0.15) is 0 Å². The Morgan fingerprint density at radius 1 is 1.09 bits per heavy atom. The molecule has 0 fully saturated rings. The number of amides is 1. The van der Waals surface area contributed by atoms with Crippen LogP contribution in [0.15, 0.2) is 71.7 Å². The van der Waals surface area contributed by atoms with Gasteiger partial charge >= 0.3 is 0 Å². The highest BCUT2D eigenvalue weighted by atomic mass is 35.5. The van der Waals surface area contributed by atoms with Gasteiger partial charge in [-0.15, -0.1) is 0 Å². The molecular formula is C25H20ClN3O4. The van der Waals surface area contributed by atoms with Gasteiger partial charge in [0.15, 0.2) is 5.78 Å². The summed E-state index contributed by atoms with van der Waals surface area (Å²) in [6.07, 6.45) is 1.39. The first-order valence-corrected chi connectivity index (χ1v) is 10.5. The smallest absolute Gasteiger partial charge is 0.244 e. The second-order valence-electron chi connectivity index (χ2n) is 7.44. The molecule has 1 N–H and O–H groups in total. The van der Waals surface area contributed by atoms with Crippen LogP contribution in [0.25, 0.3) is 11.0 Å². The maximum atomic E-state index is 13.1. The van der Waals surface area contributed by atoms with E-state index < -0.39 is 11.2 Å². The second-order valence-corrected chi connectivity index (χ2v) is 7.88. The minimum absolute atomic E-state index is 0.0512. The first-order valence-electron chi connectivity index (χ1n) is 10.1. The molecule has 33 heavy (non-hydrogen) atoms. The Balaban J connectivity index is 1.74. The molecule has 166 valence electrons. The van der Waals surface area contributed by atoms with Crippen molar-refractivity contribution in [3.8, 4) is 5.75 Å². The van der Waals surface area contributed by atoms with Crippen molar-refractivity contribution in [2.24, 2.45) is 0 Å². The fraction of sp³-hybridized carbons (Fsp3) is 0.120. The Hall–Kier alpha value is -3.97. The number of aromatic nitrogens is 2. The van der Waals surface area contributed by atoms with Gasteiger partial charge in [0.05, 0.1) is 18.1 Å². The van der Waals surface area contributed by atoms with Crippen LogP contribution >= 0.6 is 11.6 Å². The van der Waals surface area contributed by atoms with Crippen molar-refractivity contribution >= 4 is 40.0 Å². The van der Waals surface area contributed by atoms with E-state index in [0.717, 1.165) is 0 Å². The average Bonchev–Trinajstić information content (AvgIpc) is 2.81. The Morgan fingerprint density at radius 2 is 1.85 bits per heavy atom. The first-order chi connectivity index (χ1) is 15.9. The number of ether oxygens (including phenoxy) is 1. The molecule has 8 heteroatoms. The highest BCUT2D eigenvalue weighted by Gasteiger charge is 2.19. The second kappa shape index (κ2) is 9.26. The average molecular weight is 462 g/mol. The molecule has 4 rings (SSSR count). The van der Waals surface area contributed by atoms with Gasteiger partial charge in [0.1, 0.15) is 17.9 Å². The summed E-state index contributed by atoms with van der Waals surface area (Å²) in [5, 5.41) is 3.54. The Kier molecular flexibility index (Phi) is 6.24. The lowest BCUT2D eigenvalue weighted by Crippen LogP contribution is -2.25. The van der Waals surface area contributed by atoms with Gasteiger partial charge in [-0.1, -0.05) is 17.7 Å². The predicted molar refractivity (Wildman–Crippen MR) is 127 cm³/mol. The van der Waals surface area contributed by atoms with E-state index in [1.165, 1.54) is 10.8 Å². The van der Waals surface area contributed by atoms with Crippen LogP contribution < -0.4 is 15.5 Å². The molecule has 0 unspecified atom stereocenters. The number of rotatable bonds is 6. The Bertz CT molecular complexity index is 1430. The van der Waals surface area contributed by atoms with Crippen LogP contribution in [0.1, 0.15) is 21.6 Å². The number of carbonyl (C=O) groups is 2. The number of hydrogen-bond donors (Lipinski definition) is 1. The van der Waals surface area contributed by atoms with Crippen LogP contribution in [0.5, 0.6) is 5.75 Å². The maximum absolute atomic E-state index is 13.1. The summed E-state index contributed by atoms with van der Waals surface area (Å²) >= 11 is 5.92. The molecule has 0 atom stereocenters. The molecule has 0 spiro atoms. The summed E-state index contributed by atoms with van der Waals surface area (Å²) in [5.41, 5.74) is 1.40. The number of fused-ring (bicyclic) bond motifs is 1. The Labute approximate surface area is 194 Å². The lowest BCUT2D eigenvalue weighted by atomic mass is 10.0. The van der Waals surface area contributed by atoms with Gasteiger partial charge < -0.3 is 14.6 Å². The molecular weight excluding hydrogens is 442 g/mol. The van der Waals surface area contributed by atoms with E-state index >= 15 is 0 Å². The quantitative estimate of drug-likeness (QED) is 0.434. The van der Waals surface area contributed by atoms with Gasteiger partial charge in [-0.05, 0) is 55.5 Å². The van der Waals surface area contributed by atoms with E-state index in [2.05, 4.69) is 10.3 Å². The third-order valence-electron chi connectivity index (χ3n) is 5.08. The third kappa shape index (κ3) is 4.78. The van der Waals surface area contributed by atoms with Gasteiger partial charge in [-0.25, -0.2) is 4.98 Å². The van der Waals surface area contributed by atoms with E-state index in [1.807, 2.05) is 0 Å². The van der Waals surface area contributed by atoms with Gasteiger partial charge in [-0.3, -0.25) is 14.4 Å². The zero-order valence-corrected chi connectivity index (χ0v) is 18.7. The third-order valence-corrected chi connectivity index (χ3v) is 5.33. The molecule has 0 bridgehead atoms. The molecule has 0 radical (unpaired) electrons. The Morgan fingerprint density at radius 3 is 2.58 bits per heavy atom. The lowest BCUT2D eigenvalue weighted by Gasteiger charge is -2.13. The van der Waals surface area contributed by atoms with Gasteiger partial charge in [0.25, 0.3) is 0 Å². The number of nitrogens with one attached hydrogen (secondary N) is 1. The van der Waals surface area contributed by atoms with Crippen molar-refractivity contribution in [1.82, 2.24) is 9.55 Å². The van der Waals surface area contributed by atoms with Crippen molar-refractivity contribution in [3.63, 3.8) is 0 Å². The van der Waals surface area contributed by atoms with Crippen LogP contribution in [0.4, 0.5) is 5.69 Å². The molecule has 0 saturated heterocycles. The van der Waals surface area contributed by atoms with Crippen LogP contribution in [0, 0.1) is 6.92 Å². The van der Waals surface area contributed by atoms with E-state index in [-0.39, 0.29) is 23.4 Å². The number of ketones is 1. The molecule has 2 aromatic carbocycles. The number of hydrogen-bond acceptors (Lipinski definition) is 5. The van der Waals surface area contributed by atoms with Crippen molar-refractivity contribution in [2.75, 3.05) is 12.4 Å². The van der Waals surface area contributed by atoms with Crippen molar-refractivity contribution in [1.29, 1.82) is 0 Å². The number of benzene rings is 2. The van der Waals surface area contributed by atoms with E-state index in [9.17, 15) is 14.4 Å². The first kappa shape index (κ1) is 22.2. The lowest BCUT2D eigenvalue weighted by molar-refractivity contribution is -0.116. The summed E-state index contributed by atoms with van der Waals surface area (Å²) in [5.74, 6) is -0.197. The molecule has 0 aliphatic heterocycles. The fourth-order valence-corrected chi connectivity index (χ4v) is 3.58. The molecule has 2 aromatic heterocycles. The van der Waals surface area contributed by atoms with Crippen LogP contribution in [0.2, 0.25) is 5.02 Å². The van der Waals surface area contributed by atoms with E-state index in [4.69, 9.17) is 16.3 Å². The summed E-state index contributed by atoms with van der Waals surface area (Å²) in [6, 6.07) is 16.6. The number of halogens is 1. The van der Waals surface area contributed by atoms with Crippen LogP contribution in [-0.2, 0) is 11.3 Å². The maximum Gasteiger partial charge on any atom is 0.244 e. The molecule has 2 heterocycles. The van der Waals surface area contributed by atoms with Crippen molar-refractivity contribution in [2.45, 2.75) is 13.5 Å². The molecule has 0 aliphatic carbocycles. The number of aryl methyl sites for hydroxylation is 1. The molecule has 7 nitrogen and oxygen atoms in total. The predicted octanol–water partition coefficient (Wildman–Crippen LogP) is 4.24. The number of methoxy groups -OCH3 is 1. The number of carbonyl (C=O) groups excluding carboxylic acids is 2. The summed E-state index contributed by atoms with van der Waals surface area (Å²) in [7, 11) is 1.54. The highest BCUT2D eigenvalue weighted by Crippen LogP contribution is 2.18. The SMILES string of the molecule is COc1cccc(NC(=O)Cn2cc(C(=O)c3ccc(Cl)cc3)c(=O)c3ccc(C)nc32)c1. The van der Waals surface area contributed by atoms with Crippen LogP contribution in [-0.4, -0.2) is 28.4 Å².